The number of anilines is 1. The molecule has 1 amide bonds. The van der Waals surface area contributed by atoms with Gasteiger partial charge in [0.1, 0.15) is 11.7 Å². The highest BCUT2D eigenvalue weighted by molar-refractivity contribution is 8.00. The van der Waals surface area contributed by atoms with Gasteiger partial charge in [0.25, 0.3) is 0 Å². The van der Waals surface area contributed by atoms with E-state index in [9.17, 15) is 4.79 Å². The van der Waals surface area contributed by atoms with Crippen LogP contribution in [0.4, 0.5) is 5.69 Å². The summed E-state index contributed by atoms with van der Waals surface area (Å²) < 4.78 is 0. The molecule has 0 radical (unpaired) electrons. The van der Waals surface area contributed by atoms with Crippen LogP contribution >= 0.6 is 11.8 Å². The Morgan fingerprint density at radius 1 is 1.17 bits per heavy atom. The summed E-state index contributed by atoms with van der Waals surface area (Å²) in [7, 11) is 0. The van der Waals surface area contributed by atoms with Gasteiger partial charge in [-0.25, -0.2) is 9.97 Å². The van der Waals surface area contributed by atoms with Crippen molar-refractivity contribution in [2.75, 3.05) is 10.7 Å². The summed E-state index contributed by atoms with van der Waals surface area (Å²) in [5, 5.41) is 0.0182. The largest absolute Gasteiger partial charge is 0.292 e. The van der Waals surface area contributed by atoms with E-state index >= 15 is 0 Å². The van der Waals surface area contributed by atoms with Crippen LogP contribution in [0, 0.1) is 0 Å². The Balaban J connectivity index is 1.98. The first kappa shape index (κ1) is 11.2. The Hall–Kier alpha value is -1.88. The van der Waals surface area contributed by atoms with Crippen LogP contribution in [0.15, 0.2) is 49.1 Å². The number of hydrogen-bond donors (Lipinski definition) is 0. The van der Waals surface area contributed by atoms with Gasteiger partial charge in [0, 0.05) is 0 Å². The van der Waals surface area contributed by atoms with Crippen molar-refractivity contribution in [1.29, 1.82) is 0 Å². The first-order valence-electron chi connectivity index (χ1n) is 5.60. The van der Waals surface area contributed by atoms with Crippen LogP contribution in [0.2, 0.25) is 0 Å². The zero-order valence-corrected chi connectivity index (χ0v) is 10.4. The van der Waals surface area contributed by atoms with E-state index in [2.05, 4.69) is 9.97 Å². The molecule has 0 N–H and O–H groups in total. The number of aromatic nitrogens is 2. The molecular weight excluding hydrogens is 246 g/mol. The third-order valence-electron chi connectivity index (χ3n) is 2.78. The van der Waals surface area contributed by atoms with Crippen molar-refractivity contribution in [2.24, 2.45) is 0 Å². The summed E-state index contributed by atoms with van der Waals surface area (Å²) >= 11 is 1.63. The minimum Gasteiger partial charge on any atom is -0.292 e. The number of amides is 1. The molecule has 4 nitrogen and oxygen atoms in total. The van der Waals surface area contributed by atoms with Crippen LogP contribution in [-0.2, 0) is 4.79 Å². The molecule has 1 aliphatic heterocycles. The lowest BCUT2D eigenvalue weighted by Crippen LogP contribution is -2.27. The van der Waals surface area contributed by atoms with E-state index in [0.717, 1.165) is 11.3 Å². The summed E-state index contributed by atoms with van der Waals surface area (Å²) in [6, 6.07) is 10.0. The van der Waals surface area contributed by atoms with E-state index in [0.29, 0.717) is 5.75 Å². The van der Waals surface area contributed by atoms with Crippen molar-refractivity contribution in [3.63, 3.8) is 0 Å². The second-order valence-electron chi connectivity index (χ2n) is 3.93. The van der Waals surface area contributed by atoms with Crippen LogP contribution in [0.1, 0.15) is 10.9 Å². The predicted octanol–water partition coefficient (Wildman–Crippen LogP) is 2.26. The molecule has 0 saturated carbocycles. The molecule has 2 aromatic rings. The molecule has 0 aliphatic carbocycles. The summed E-state index contributed by atoms with van der Waals surface area (Å²) in [5.74, 6) is 0.595. The summed E-state index contributed by atoms with van der Waals surface area (Å²) in [5.41, 5.74) is 1.87. The molecule has 0 spiro atoms. The third-order valence-corrected chi connectivity index (χ3v) is 3.99. The van der Waals surface area contributed by atoms with Crippen molar-refractivity contribution in [1.82, 2.24) is 9.97 Å². The standard InChI is InChI=1S/C13H11N3OS/c17-12-8-18-13(10-4-2-1-3-5-10)16(12)11-6-14-9-15-7-11/h1-7,9,13H,8H2/t13-/m0/s1. The molecule has 0 unspecified atom stereocenters. The molecule has 3 rings (SSSR count). The molecule has 2 heterocycles. The van der Waals surface area contributed by atoms with E-state index < -0.39 is 0 Å². The zero-order chi connectivity index (χ0) is 12.4. The Bertz CT molecular complexity index is 547. The monoisotopic (exact) mass is 257 g/mol. The van der Waals surface area contributed by atoms with E-state index in [-0.39, 0.29) is 11.3 Å². The first-order chi connectivity index (χ1) is 8.86. The lowest BCUT2D eigenvalue weighted by atomic mass is 10.2. The highest BCUT2D eigenvalue weighted by Crippen LogP contribution is 2.40. The van der Waals surface area contributed by atoms with Gasteiger partial charge < -0.3 is 0 Å². The number of hydrogen-bond acceptors (Lipinski definition) is 4. The van der Waals surface area contributed by atoms with Crippen LogP contribution in [0.25, 0.3) is 0 Å². The van der Waals surface area contributed by atoms with Gasteiger partial charge >= 0.3 is 0 Å². The number of carbonyl (C=O) groups is 1. The maximum absolute atomic E-state index is 12.0. The number of benzene rings is 1. The maximum Gasteiger partial charge on any atom is 0.238 e. The fourth-order valence-electron chi connectivity index (χ4n) is 1.98. The quantitative estimate of drug-likeness (QED) is 0.828. The molecule has 1 aromatic heterocycles. The molecule has 90 valence electrons. The molecule has 1 fully saturated rings. The lowest BCUT2D eigenvalue weighted by Gasteiger charge is -2.23. The highest BCUT2D eigenvalue weighted by Gasteiger charge is 2.34. The van der Waals surface area contributed by atoms with Gasteiger partial charge in [-0.05, 0) is 5.56 Å². The predicted molar refractivity (Wildman–Crippen MR) is 71.2 cm³/mol. The molecule has 18 heavy (non-hydrogen) atoms. The maximum atomic E-state index is 12.0. The van der Waals surface area contributed by atoms with E-state index in [4.69, 9.17) is 0 Å². The summed E-state index contributed by atoms with van der Waals surface area (Å²) in [6.45, 7) is 0. The molecule has 1 saturated heterocycles. The number of nitrogens with zero attached hydrogens (tertiary/aromatic N) is 3. The van der Waals surface area contributed by atoms with Gasteiger partial charge in [-0.3, -0.25) is 9.69 Å². The van der Waals surface area contributed by atoms with Gasteiger partial charge in [-0.2, -0.15) is 0 Å². The zero-order valence-electron chi connectivity index (χ0n) is 9.56. The molecule has 1 aromatic carbocycles. The molecular formula is C13H11N3OS. The van der Waals surface area contributed by atoms with E-state index in [1.165, 1.54) is 6.33 Å². The molecule has 5 heteroatoms. The van der Waals surface area contributed by atoms with Gasteiger partial charge in [0.15, 0.2) is 0 Å². The number of thioether (sulfide) groups is 1. The highest BCUT2D eigenvalue weighted by atomic mass is 32.2. The van der Waals surface area contributed by atoms with Crippen LogP contribution in [-0.4, -0.2) is 21.6 Å². The van der Waals surface area contributed by atoms with Crippen LogP contribution in [0.5, 0.6) is 0 Å². The van der Waals surface area contributed by atoms with Gasteiger partial charge in [-0.1, -0.05) is 30.3 Å². The van der Waals surface area contributed by atoms with Crippen molar-refractivity contribution in [2.45, 2.75) is 5.37 Å². The summed E-state index contributed by atoms with van der Waals surface area (Å²) in [6.07, 6.45) is 4.81. The second kappa shape index (κ2) is 4.78. The smallest absolute Gasteiger partial charge is 0.238 e. The Morgan fingerprint density at radius 3 is 2.61 bits per heavy atom. The SMILES string of the molecule is O=C1CS[C@@H](c2ccccc2)N1c1cncnc1. The minimum absolute atomic E-state index is 0.0182. The van der Waals surface area contributed by atoms with Crippen LogP contribution in [0.3, 0.4) is 0 Å². The molecule has 0 bridgehead atoms. The topological polar surface area (TPSA) is 46.1 Å². The van der Waals surface area contributed by atoms with Crippen molar-refractivity contribution < 1.29 is 4.79 Å². The Kier molecular flexibility index (Phi) is 2.98. The first-order valence-corrected chi connectivity index (χ1v) is 6.65. The Morgan fingerprint density at radius 2 is 1.89 bits per heavy atom. The van der Waals surface area contributed by atoms with E-state index in [1.807, 2.05) is 30.3 Å². The average Bonchev–Trinajstić information content (AvgIpc) is 2.83. The van der Waals surface area contributed by atoms with Crippen molar-refractivity contribution in [3.05, 3.63) is 54.6 Å². The van der Waals surface area contributed by atoms with Crippen molar-refractivity contribution >= 4 is 23.4 Å². The van der Waals surface area contributed by atoms with Gasteiger partial charge in [-0.15, -0.1) is 11.8 Å². The molecule has 1 aliphatic rings. The average molecular weight is 257 g/mol. The Labute approximate surface area is 109 Å². The van der Waals surface area contributed by atoms with Crippen molar-refractivity contribution in [3.8, 4) is 0 Å². The fraction of sp³-hybridized carbons (Fsp3) is 0.154. The van der Waals surface area contributed by atoms with Crippen LogP contribution < -0.4 is 4.90 Å². The number of rotatable bonds is 2. The minimum atomic E-state index is 0.0182. The fourth-order valence-corrected chi connectivity index (χ4v) is 3.16. The summed E-state index contributed by atoms with van der Waals surface area (Å²) in [4.78, 5) is 21.7. The second-order valence-corrected chi connectivity index (χ2v) is 5.00. The number of carbonyl (C=O) groups excluding carboxylic acids is 1. The van der Waals surface area contributed by atoms with E-state index in [1.54, 1.807) is 29.1 Å². The van der Waals surface area contributed by atoms with Gasteiger partial charge in [0.05, 0.1) is 23.8 Å². The molecule has 1 atom stereocenters. The normalized spacial score (nSPS) is 19.2. The lowest BCUT2D eigenvalue weighted by molar-refractivity contribution is -0.115. The third kappa shape index (κ3) is 1.97. The van der Waals surface area contributed by atoms with Gasteiger partial charge in [0.2, 0.25) is 5.91 Å².